The molecular formula is C38H52F4N2O. The molecule has 3 nitrogen and oxygen atoms in total. The van der Waals surface area contributed by atoms with Crippen molar-refractivity contribution in [3.63, 3.8) is 0 Å². The Balaban J connectivity index is -0.00000143. The van der Waals surface area contributed by atoms with Crippen LogP contribution in [0.2, 0.25) is 0 Å². The van der Waals surface area contributed by atoms with Gasteiger partial charge in [0, 0.05) is 34.0 Å². The molecule has 1 N–H and O–H groups in total. The van der Waals surface area contributed by atoms with Gasteiger partial charge in [0.15, 0.2) is 0 Å². The summed E-state index contributed by atoms with van der Waals surface area (Å²) in [5.41, 5.74) is 3.33. The fourth-order valence-electron chi connectivity index (χ4n) is 4.07. The predicted molar refractivity (Wildman–Crippen MR) is 190 cm³/mol. The van der Waals surface area contributed by atoms with Crippen molar-refractivity contribution >= 4 is 28.8 Å². The molecule has 0 saturated carbocycles. The number of nitrogens with one attached hydrogen (secondary N) is 1. The molecule has 0 radical (unpaired) electrons. The summed E-state index contributed by atoms with van der Waals surface area (Å²) in [4.78, 5) is 8.00. The average Bonchev–Trinajstić information content (AvgIpc) is 3.36. The van der Waals surface area contributed by atoms with Gasteiger partial charge in [-0.05, 0) is 37.1 Å². The van der Waals surface area contributed by atoms with E-state index in [9.17, 15) is 17.6 Å². The Hall–Kier alpha value is -4.39. The summed E-state index contributed by atoms with van der Waals surface area (Å²) in [6, 6.07) is 3.66. The number of aromatic nitrogens is 1. The van der Waals surface area contributed by atoms with Gasteiger partial charge in [-0.1, -0.05) is 97.6 Å². The standard InChI is InChI=1S/C28H28F4N2.C3H8.C2H6.2C2H4.CH2O/c1-6-8-11-21(19(4)29)17-34-25-16-22(28(30,31)32)13-14-24(25)26(27(34)18(3)10-7-2)23-12-9-15-33-20(23)5;1-3-2;4*1-2/h6,8-9,11-16,33H,3-5,7,10,17H2,1-2H3;3H2,1-2H3;1-2H3;2*1-2H2;1H2/b8-6-,21-11-;;;;;. The van der Waals surface area contributed by atoms with Crippen molar-refractivity contribution in [2.24, 2.45) is 0 Å². The van der Waals surface area contributed by atoms with E-state index in [1.165, 1.54) is 12.5 Å². The fourth-order valence-corrected chi connectivity index (χ4v) is 4.07. The van der Waals surface area contributed by atoms with Crippen LogP contribution in [0.4, 0.5) is 17.6 Å². The first-order chi connectivity index (χ1) is 21.5. The first-order valence-corrected chi connectivity index (χ1v) is 14.7. The number of alkyl halides is 3. The molecule has 3 rings (SSSR count). The lowest BCUT2D eigenvalue weighted by Crippen LogP contribution is -2.11. The van der Waals surface area contributed by atoms with E-state index in [4.69, 9.17) is 4.79 Å². The lowest BCUT2D eigenvalue weighted by Gasteiger charge is -2.19. The maximum Gasteiger partial charge on any atom is 0.416 e. The van der Waals surface area contributed by atoms with Crippen molar-refractivity contribution in [3.05, 3.63) is 135 Å². The highest BCUT2D eigenvalue weighted by molar-refractivity contribution is 6.03. The minimum Gasteiger partial charge on any atom is -0.362 e. The molecule has 1 aromatic carbocycles. The molecule has 1 aliphatic heterocycles. The molecular weight excluding hydrogens is 576 g/mol. The Morgan fingerprint density at radius 1 is 1.02 bits per heavy atom. The smallest absolute Gasteiger partial charge is 0.362 e. The lowest BCUT2D eigenvalue weighted by molar-refractivity contribution is -0.137. The molecule has 0 atom stereocenters. The average molecular weight is 629 g/mol. The summed E-state index contributed by atoms with van der Waals surface area (Å²) < 4.78 is 57.0. The zero-order chi connectivity index (χ0) is 35.8. The van der Waals surface area contributed by atoms with Crippen molar-refractivity contribution < 1.29 is 22.4 Å². The van der Waals surface area contributed by atoms with Crippen molar-refractivity contribution in [2.45, 2.75) is 73.5 Å². The molecule has 0 spiro atoms. The van der Waals surface area contributed by atoms with Gasteiger partial charge < -0.3 is 14.7 Å². The van der Waals surface area contributed by atoms with E-state index in [0.29, 0.717) is 28.7 Å². The highest BCUT2D eigenvalue weighted by Crippen LogP contribution is 2.42. The van der Waals surface area contributed by atoms with E-state index < -0.39 is 17.6 Å². The lowest BCUT2D eigenvalue weighted by atomic mass is 9.94. The summed E-state index contributed by atoms with van der Waals surface area (Å²) in [7, 11) is 0. The zero-order valence-electron chi connectivity index (χ0n) is 28.0. The minimum atomic E-state index is -4.52. The Kier molecular flexibility index (Phi) is 25.0. The largest absolute Gasteiger partial charge is 0.416 e. The SMILES string of the molecule is C=C.C=C.C=C1NC=CC=C1c1c(C(=C)CCC)n(C/C(=C/C=C\C)C(=C)F)c2cc(C(F)(F)F)ccc12.C=O.CC.CCC. The summed E-state index contributed by atoms with van der Waals surface area (Å²) in [6.45, 7) is 37.8. The van der Waals surface area contributed by atoms with Crippen LogP contribution in [0.15, 0.2) is 118 Å². The summed E-state index contributed by atoms with van der Waals surface area (Å²) in [5.74, 6) is -0.647. The Morgan fingerprint density at radius 3 is 2.02 bits per heavy atom. The third-order valence-electron chi connectivity index (χ3n) is 5.66. The van der Waals surface area contributed by atoms with Gasteiger partial charge in [0.25, 0.3) is 0 Å². The van der Waals surface area contributed by atoms with E-state index in [1.807, 2.05) is 39.7 Å². The molecule has 7 heteroatoms. The second kappa shape index (κ2) is 25.0. The molecule has 0 amide bonds. The van der Waals surface area contributed by atoms with E-state index >= 15 is 0 Å². The maximum atomic E-state index is 14.4. The van der Waals surface area contributed by atoms with Crippen LogP contribution < -0.4 is 5.32 Å². The van der Waals surface area contributed by atoms with Crippen molar-refractivity contribution in [2.75, 3.05) is 0 Å². The number of allylic oxidation sites excluding steroid dienone is 9. The Labute approximate surface area is 269 Å². The number of hydrogen-bond acceptors (Lipinski definition) is 2. The van der Waals surface area contributed by atoms with E-state index in [1.54, 1.807) is 35.9 Å². The molecule has 2 heterocycles. The monoisotopic (exact) mass is 628 g/mol. The highest BCUT2D eigenvalue weighted by atomic mass is 19.4. The van der Waals surface area contributed by atoms with Crippen LogP contribution in [0.25, 0.3) is 22.0 Å². The third-order valence-corrected chi connectivity index (χ3v) is 5.66. The van der Waals surface area contributed by atoms with Gasteiger partial charge in [0.2, 0.25) is 0 Å². The predicted octanol–water partition coefficient (Wildman–Crippen LogP) is 12.3. The molecule has 1 aliphatic rings. The Bertz CT molecular complexity index is 1330. The Morgan fingerprint density at radius 2 is 1.58 bits per heavy atom. The van der Waals surface area contributed by atoms with Crippen molar-refractivity contribution in [1.29, 1.82) is 0 Å². The second-order valence-corrected chi connectivity index (χ2v) is 8.79. The van der Waals surface area contributed by atoms with Gasteiger partial charge in [0.05, 0.1) is 23.3 Å². The molecule has 0 fully saturated rings. The van der Waals surface area contributed by atoms with Crippen LogP contribution in [-0.2, 0) is 17.5 Å². The minimum absolute atomic E-state index is 0.00141. The number of benzene rings is 1. The van der Waals surface area contributed by atoms with Crippen LogP contribution >= 0.6 is 0 Å². The first kappa shape index (κ1) is 45.0. The van der Waals surface area contributed by atoms with E-state index in [-0.39, 0.29) is 12.1 Å². The number of carbonyl (C=O) groups excluding carboxylic acids is 1. The van der Waals surface area contributed by atoms with Crippen LogP contribution in [0.1, 0.15) is 77.6 Å². The van der Waals surface area contributed by atoms with Crippen LogP contribution in [0.3, 0.4) is 0 Å². The van der Waals surface area contributed by atoms with E-state index in [0.717, 1.165) is 35.3 Å². The summed E-state index contributed by atoms with van der Waals surface area (Å²) in [5, 5.41) is 3.68. The fraction of sp³-hybridized carbons (Fsp3) is 0.289. The summed E-state index contributed by atoms with van der Waals surface area (Å²) in [6.07, 6.45) is 8.56. The molecule has 1 aromatic heterocycles. The summed E-state index contributed by atoms with van der Waals surface area (Å²) >= 11 is 0. The number of dihydropyridines is 1. The van der Waals surface area contributed by atoms with Gasteiger partial charge in [-0.15, -0.1) is 26.3 Å². The van der Waals surface area contributed by atoms with Crippen LogP contribution in [0.5, 0.6) is 0 Å². The number of halogens is 4. The number of fused-ring (bicyclic) bond motifs is 1. The molecule has 248 valence electrons. The van der Waals surface area contributed by atoms with Gasteiger partial charge in [0.1, 0.15) is 12.6 Å². The number of nitrogens with zero attached hydrogens (tertiary/aromatic N) is 1. The van der Waals surface area contributed by atoms with Gasteiger partial charge in [-0.3, -0.25) is 0 Å². The molecule has 0 aliphatic carbocycles. The van der Waals surface area contributed by atoms with Crippen molar-refractivity contribution in [1.82, 2.24) is 9.88 Å². The number of rotatable bonds is 8. The molecule has 0 unspecified atom stereocenters. The van der Waals surface area contributed by atoms with E-state index in [2.05, 4.69) is 65.2 Å². The van der Waals surface area contributed by atoms with Crippen LogP contribution in [0, 0.1) is 0 Å². The molecule has 45 heavy (non-hydrogen) atoms. The third kappa shape index (κ3) is 13.4. The number of carbonyl (C=O) groups is 1. The van der Waals surface area contributed by atoms with Crippen LogP contribution in [-0.4, -0.2) is 11.4 Å². The van der Waals surface area contributed by atoms with Gasteiger partial charge in [-0.25, -0.2) is 4.39 Å². The maximum absolute atomic E-state index is 14.4. The van der Waals surface area contributed by atoms with Gasteiger partial charge in [-0.2, -0.15) is 13.2 Å². The molecule has 0 bridgehead atoms. The molecule has 0 saturated heterocycles. The van der Waals surface area contributed by atoms with Gasteiger partial charge >= 0.3 is 6.18 Å². The van der Waals surface area contributed by atoms with Crippen molar-refractivity contribution in [3.8, 4) is 0 Å². The quantitative estimate of drug-likeness (QED) is 0.179. The second-order valence-electron chi connectivity index (χ2n) is 8.79. The zero-order valence-corrected chi connectivity index (χ0v) is 28.0. The molecule has 2 aromatic rings. The topological polar surface area (TPSA) is 34.0 Å². The highest BCUT2D eigenvalue weighted by Gasteiger charge is 2.32. The first-order valence-electron chi connectivity index (χ1n) is 14.7. The normalized spacial score (nSPS) is 11.8. The number of hydrogen-bond donors (Lipinski definition) is 1.